The van der Waals surface area contributed by atoms with Crippen LogP contribution < -0.4 is 4.72 Å². The van der Waals surface area contributed by atoms with Crippen LogP contribution in [0.25, 0.3) is 0 Å². The molecule has 0 aliphatic heterocycles. The fourth-order valence-electron chi connectivity index (χ4n) is 0.568. The van der Waals surface area contributed by atoms with Gasteiger partial charge >= 0.3 is 0 Å². The summed E-state index contributed by atoms with van der Waals surface area (Å²) in [5.41, 5.74) is 0. The van der Waals surface area contributed by atoms with Gasteiger partial charge in [-0.05, 0) is 12.8 Å². The lowest BCUT2D eigenvalue weighted by Gasteiger charge is -1.97. The molecule has 10 heavy (non-hydrogen) atoms. The van der Waals surface area contributed by atoms with Crippen LogP contribution in [0.4, 0.5) is 0 Å². The lowest BCUT2D eigenvalue weighted by Crippen LogP contribution is -2.16. The number of hydrogen-bond acceptors (Lipinski definition) is 1. The van der Waals surface area contributed by atoms with E-state index >= 15 is 0 Å². The van der Waals surface area contributed by atoms with Crippen LogP contribution in [0.1, 0.15) is 19.3 Å². The average Bonchev–Trinajstić information content (AvgIpc) is 1.87. The summed E-state index contributed by atoms with van der Waals surface area (Å²) in [5, 5.41) is 0. The maximum atomic E-state index is 10.4. The molecule has 0 saturated heterocycles. The molecule has 0 aromatic heterocycles. The van der Waals surface area contributed by atoms with Crippen LogP contribution in [0.2, 0.25) is 0 Å². The first-order valence-corrected chi connectivity index (χ1v) is 4.83. The second kappa shape index (κ2) is 6.79. The van der Waals surface area contributed by atoms with E-state index in [0.29, 0.717) is 0 Å². The largest absolute Gasteiger partial charge is 0.243 e. The number of nitrogens with one attached hydrogen (secondary N) is 1. The van der Waals surface area contributed by atoms with Crippen molar-refractivity contribution in [3.05, 3.63) is 0 Å². The van der Waals surface area contributed by atoms with Gasteiger partial charge in [0.25, 0.3) is 0 Å². The fraction of sp³-hybridized carbons (Fsp3) is 0.714. The zero-order valence-corrected chi connectivity index (χ0v) is 7.04. The van der Waals surface area contributed by atoms with Crippen molar-refractivity contribution in [2.24, 2.45) is 0 Å². The molecule has 1 atom stereocenters. The van der Waals surface area contributed by atoms with Crippen molar-refractivity contribution >= 4 is 11.0 Å². The van der Waals surface area contributed by atoms with Gasteiger partial charge in [0.1, 0.15) is 0 Å². The maximum absolute atomic E-state index is 10.4. The Bertz CT molecular complexity index is 139. The highest BCUT2D eigenvalue weighted by molar-refractivity contribution is 7.82. The molecule has 2 nitrogen and oxygen atoms in total. The van der Waals surface area contributed by atoms with Crippen LogP contribution in [-0.2, 0) is 11.0 Å². The fourth-order valence-corrected chi connectivity index (χ4v) is 1.000. The van der Waals surface area contributed by atoms with E-state index in [2.05, 4.69) is 10.6 Å². The summed E-state index contributed by atoms with van der Waals surface area (Å²) < 4.78 is 13.2. The van der Waals surface area contributed by atoms with Crippen LogP contribution in [0.3, 0.4) is 0 Å². The molecule has 58 valence electrons. The van der Waals surface area contributed by atoms with Crippen LogP contribution >= 0.6 is 0 Å². The Kier molecular flexibility index (Phi) is 6.56. The summed E-state index contributed by atoms with van der Waals surface area (Å²) in [5.74, 6) is 2.55. The Labute approximate surface area is 65.0 Å². The second-order valence-corrected chi connectivity index (χ2v) is 3.21. The molecule has 0 fully saturated rings. The third kappa shape index (κ3) is 7.67. The SMILES string of the molecule is C#CCCCCNS(C)=O. The highest BCUT2D eigenvalue weighted by atomic mass is 32.2. The van der Waals surface area contributed by atoms with Crippen molar-refractivity contribution in [3.8, 4) is 12.3 Å². The van der Waals surface area contributed by atoms with Crippen molar-refractivity contribution in [1.82, 2.24) is 4.72 Å². The first-order chi connectivity index (χ1) is 4.77. The smallest absolute Gasteiger partial charge is 0.0883 e. The monoisotopic (exact) mass is 159 g/mol. The molecule has 0 amide bonds. The zero-order valence-electron chi connectivity index (χ0n) is 6.22. The number of rotatable bonds is 5. The summed E-state index contributed by atoms with van der Waals surface area (Å²) in [7, 11) is -0.873. The molecule has 0 aromatic carbocycles. The minimum atomic E-state index is -0.873. The Balaban J connectivity index is 2.92. The van der Waals surface area contributed by atoms with Crippen molar-refractivity contribution in [3.63, 3.8) is 0 Å². The molecule has 0 heterocycles. The third-order valence-corrected chi connectivity index (χ3v) is 1.66. The number of hydrogen-bond donors (Lipinski definition) is 1. The standard InChI is InChI=1S/C7H13NOS/c1-3-4-5-6-7-8-10(2)9/h1,8H,4-7H2,2H3. The highest BCUT2D eigenvalue weighted by Crippen LogP contribution is 1.90. The summed E-state index contributed by atoms with van der Waals surface area (Å²) >= 11 is 0. The van der Waals surface area contributed by atoms with E-state index < -0.39 is 11.0 Å². The topological polar surface area (TPSA) is 29.1 Å². The first kappa shape index (κ1) is 9.67. The summed E-state index contributed by atoms with van der Waals surface area (Å²) in [6.07, 6.45) is 9.50. The quantitative estimate of drug-likeness (QED) is 0.463. The molecular weight excluding hydrogens is 146 g/mol. The molecule has 0 aliphatic carbocycles. The van der Waals surface area contributed by atoms with Gasteiger partial charge in [-0.2, -0.15) is 0 Å². The van der Waals surface area contributed by atoms with E-state index in [1.165, 1.54) is 0 Å². The minimum Gasteiger partial charge on any atom is -0.243 e. The van der Waals surface area contributed by atoms with Gasteiger partial charge in [-0.1, -0.05) is 0 Å². The zero-order chi connectivity index (χ0) is 7.82. The van der Waals surface area contributed by atoms with Gasteiger partial charge in [-0.25, -0.2) is 8.93 Å². The summed E-state index contributed by atoms with van der Waals surface area (Å²) in [4.78, 5) is 0. The minimum absolute atomic E-state index is 0.796. The Morgan fingerprint density at radius 1 is 1.60 bits per heavy atom. The molecular formula is C7H13NOS. The first-order valence-electron chi connectivity index (χ1n) is 3.27. The van der Waals surface area contributed by atoms with Crippen molar-refractivity contribution in [2.45, 2.75) is 19.3 Å². The molecule has 0 aromatic rings. The van der Waals surface area contributed by atoms with Crippen LogP contribution in [0, 0.1) is 12.3 Å². The van der Waals surface area contributed by atoms with E-state index in [-0.39, 0.29) is 0 Å². The molecule has 0 spiro atoms. The highest BCUT2D eigenvalue weighted by Gasteiger charge is 1.88. The molecule has 0 aliphatic rings. The Morgan fingerprint density at radius 2 is 2.30 bits per heavy atom. The van der Waals surface area contributed by atoms with Crippen LogP contribution in [0.5, 0.6) is 0 Å². The van der Waals surface area contributed by atoms with Crippen molar-refractivity contribution in [1.29, 1.82) is 0 Å². The van der Waals surface area contributed by atoms with Gasteiger partial charge in [-0.15, -0.1) is 12.3 Å². The lowest BCUT2D eigenvalue weighted by atomic mass is 10.2. The molecule has 0 radical (unpaired) electrons. The van der Waals surface area contributed by atoms with E-state index in [4.69, 9.17) is 6.42 Å². The van der Waals surface area contributed by atoms with Gasteiger partial charge in [0.2, 0.25) is 0 Å². The van der Waals surface area contributed by atoms with Crippen molar-refractivity contribution < 1.29 is 4.21 Å². The normalized spacial score (nSPS) is 12.4. The molecule has 3 heteroatoms. The van der Waals surface area contributed by atoms with E-state index in [1.807, 2.05) is 0 Å². The van der Waals surface area contributed by atoms with Crippen LogP contribution in [-0.4, -0.2) is 17.0 Å². The third-order valence-electron chi connectivity index (χ3n) is 1.05. The molecule has 0 saturated carbocycles. The van der Waals surface area contributed by atoms with Gasteiger partial charge in [-0.3, -0.25) is 0 Å². The predicted molar refractivity (Wildman–Crippen MR) is 44.8 cm³/mol. The lowest BCUT2D eigenvalue weighted by molar-refractivity contribution is 0.667. The molecule has 1 N–H and O–H groups in total. The van der Waals surface area contributed by atoms with Gasteiger partial charge < -0.3 is 0 Å². The predicted octanol–water partition coefficient (Wildman–Crippen LogP) is 0.673. The summed E-state index contributed by atoms with van der Waals surface area (Å²) in [6.45, 7) is 0.796. The number of unbranched alkanes of at least 4 members (excludes halogenated alkanes) is 2. The van der Waals surface area contributed by atoms with E-state index in [9.17, 15) is 4.21 Å². The second-order valence-electron chi connectivity index (χ2n) is 2.01. The van der Waals surface area contributed by atoms with Crippen molar-refractivity contribution in [2.75, 3.05) is 12.8 Å². The summed E-state index contributed by atoms with van der Waals surface area (Å²) in [6, 6.07) is 0. The van der Waals surface area contributed by atoms with Gasteiger partial charge in [0.15, 0.2) is 0 Å². The van der Waals surface area contributed by atoms with Gasteiger partial charge in [0, 0.05) is 19.2 Å². The molecule has 0 rings (SSSR count). The maximum Gasteiger partial charge on any atom is 0.0883 e. The van der Waals surface area contributed by atoms with Crippen LogP contribution in [0.15, 0.2) is 0 Å². The van der Waals surface area contributed by atoms with Gasteiger partial charge in [0.05, 0.1) is 11.0 Å². The molecule has 0 bridgehead atoms. The molecule has 1 unspecified atom stereocenters. The van der Waals surface area contributed by atoms with E-state index in [1.54, 1.807) is 6.26 Å². The average molecular weight is 159 g/mol. The Morgan fingerprint density at radius 3 is 2.80 bits per heavy atom. The number of terminal acetylenes is 1. The Hall–Kier alpha value is -0.330. The van der Waals surface area contributed by atoms with E-state index in [0.717, 1.165) is 25.8 Å².